The number of hydrogen-bond donors (Lipinski definition) is 1. The molecule has 2 fully saturated rings. The lowest BCUT2D eigenvalue weighted by Crippen LogP contribution is -2.45. The molecule has 0 saturated carbocycles. The summed E-state index contributed by atoms with van der Waals surface area (Å²) in [6, 6.07) is 19.9. The van der Waals surface area contributed by atoms with Gasteiger partial charge in [0.2, 0.25) is 5.95 Å². The Morgan fingerprint density at radius 1 is 0.943 bits per heavy atom. The van der Waals surface area contributed by atoms with Gasteiger partial charge in [0.25, 0.3) is 5.91 Å². The van der Waals surface area contributed by atoms with Crippen LogP contribution in [-0.2, 0) is 0 Å². The van der Waals surface area contributed by atoms with E-state index in [1.165, 1.54) is 25.9 Å². The monoisotopic (exact) mass is 467 g/mol. The third kappa shape index (κ3) is 4.64. The molecule has 0 aliphatic carbocycles. The van der Waals surface area contributed by atoms with Gasteiger partial charge in [-0.1, -0.05) is 18.2 Å². The predicted octanol–water partition coefficient (Wildman–Crippen LogP) is 5.33. The average molecular weight is 468 g/mol. The second-order valence-electron chi connectivity index (χ2n) is 9.38. The second-order valence-corrected chi connectivity index (χ2v) is 9.38. The fraction of sp³-hybridized carbons (Fsp3) is 0.321. The Morgan fingerprint density at radius 2 is 1.71 bits per heavy atom. The van der Waals surface area contributed by atoms with E-state index < -0.39 is 0 Å². The third-order valence-electron chi connectivity index (χ3n) is 7.13. The molecule has 7 heteroatoms. The molecule has 1 N–H and O–H groups in total. The van der Waals surface area contributed by atoms with Crippen LogP contribution in [0.15, 0.2) is 71.3 Å². The summed E-state index contributed by atoms with van der Waals surface area (Å²) in [5, 5.41) is 4.27. The minimum Gasteiger partial charge on any atom is -0.454 e. The van der Waals surface area contributed by atoms with Crippen molar-refractivity contribution in [1.29, 1.82) is 0 Å². The molecule has 2 aromatic carbocycles. The van der Waals surface area contributed by atoms with Crippen molar-refractivity contribution < 1.29 is 9.21 Å². The highest BCUT2D eigenvalue weighted by molar-refractivity contribution is 5.94. The van der Waals surface area contributed by atoms with Gasteiger partial charge in [0.05, 0.1) is 0 Å². The van der Waals surface area contributed by atoms with Crippen molar-refractivity contribution in [1.82, 2.24) is 19.8 Å². The standard InChI is InChI=1S/C28H29N5O2/c34-27(33-17-12-23(13-18-33)32-15-3-4-16-32)20-7-9-22(10-8-20)30-28-29-14-11-24(31-28)26-19-21-5-1-2-6-25(21)35-26/h1-2,5-11,14,19,23H,3-4,12-13,15-18H2,(H,29,30,31). The van der Waals surface area contributed by atoms with Gasteiger partial charge in [0.15, 0.2) is 5.76 Å². The molecule has 0 radical (unpaired) electrons. The number of carbonyl (C=O) groups is 1. The van der Waals surface area contributed by atoms with Crippen LogP contribution in [0.3, 0.4) is 0 Å². The lowest BCUT2D eigenvalue weighted by molar-refractivity contribution is 0.0644. The molecule has 0 atom stereocenters. The van der Waals surface area contributed by atoms with E-state index >= 15 is 0 Å². The Balaban J connectivity index is 1.10. The van der Waals surface area contributed by atoms with E-state index in [0.29, 0.717) is 29.0 Å². The SMILES string of the molecule is O=C(c1ccc(Nc2nccc(-c3cc4ccccc4o3)n2)cc1)N1CCC(N2CCCC2)CC1. The van der Waals surface area contributed by atoms with E-state index in [-0.39, 0.29) is 5.91 Å². The molecule has 0 bridgehead atoms. The third-order valence-corrected chi connectivity index (χ3v) is 7.13. The van der Waals surface area contributed by atoms with Crippen LogP contribution in [0.2, 0.25) is 0 Å². The van der Waals surface area contributed by atoms with Crippen molar-refractivity contribution in [2.45, 2.75) is 31.7 Å². The summed E-state index contributed by atoms with van der Waals surface area (Å²) in [5.74, 6) is 1.29. The largest absolute Gasteiger partial charge is 0.454 e. The summed E-state index contributed by atoms with van der Waals surface area (Å²) in [7, 11) is 0. The zero-order valence-corrected chi connectivity index (χ0v) is 19.7. The molecule has 178 valence electrons. The van der Waals surface area contributed by atoms with Crippen LogP contribution in [0.25, 0.3) is 22.4 Å². The number of amides is 1. The van der Waals surface area contributed by atoms with Crippen molar-refractivity contribution in [3.8, 4) is 11.5 Å². The molecule has 2 aliphatic rings. The quantitative estimate of drug-likeness (QED) is 0.427. The van der Waals surface area contributed by atoms with E-state index in [9.17, 15) is 4.79 Å². The first-order valence-electron chi connectivity index (χ1n) is 12.5. The smallest absolute Gasteiger partial charge is 0.253 e. The van der Waals surface area contributed by atoms with Crippen LogP contribution < -0.4 is 5.32 Å². The number of piperidine rings is 1. The molecule has 4 heterocycles. The first-order valence-corrected chi connectivity index (χ1v) is 12.5. The van der Waals surface area contributed by atoms with Crippen molar-refractivity contribution in [3.63, 3.8) is 0 Å². The highest BCUT2D eigenvalue weighted by atomic mass is 16.3. The van der Waals surface area contributed by atoms with Gasteiger partial charge in [-0.25, -0.2) is 9.97 Å². The molecular formula is C28H29N5O2. The highest BCUT2D eigenvalue weighted by Crippen LogP contribution is 2.27. The summed E-state index contributed by atoms with van der Waals surface area (Å²) in [6.07, 6.45) is 6.49. The summed E-state index contributed by atoms with van der Waals surface area (Å²) in [5.41, 5.74) is 3.09. The molecule has 7 nitrogen and oxygen atoms in total. The maximum atomic E-state index is 13.0. The Hall–Kier alpha value is -3.71. The number of nitrogens with one attached hydrogen (secondary N) is 1. The highest BCUT2D eigenvalue weighted by Gasteiger charge is 2.28. The number of fused-ring (bicyclic) bond motifs is 1. The lowest BCUT2D eigenvalue weighted by Gasteiger charge is -2.36. The summed E-state index contributed by atoms with van der Waals surface area (Å²) >= 11 is 0. The number of benzene rings is 2. The van der Waals surface area contributed by atoms with Crippen LogP contribution in [-0.4, -0.2) is 57.9 Å². The van der Waals surface area contributed by atoms with Crippen molar-refractivity contribution >= 4 is 28.5 Å². The Kier molecular flexibility index (Phi) is 5.92. The molecule has 1 amide bonds. The Bertz CT molecular complexity index is 1290. The molecule has 2 saturated heterocycles. The molecule has 2 aliphatic heterocycles. The number of rotatable bonds is 5. The van der Waals surface area contributed by atoms with E-state index in [1.807, 2.05) is 65.6 Å². The zero-order valence-electron chi connectivity index (χ0n) is 19.7. The van der Waals surface area contributed by atoms with Gasteiger partial charge in [-0.2, -0.15) is 0 Å². The number of nitrogens with zero attached hydrogens (tertiary/aromatic N) is 4. The van der Waals surface area contributed by atoms with Gasteiger partial charge in [-0.15, -0.1) is 0 Å². The zero-order chi connectivity index (χ0) is 23.6. The van der Waals surface area contributed by atoms with Gasteiger partial charge in [-0.05, 0) is 81.2 Å². The van der Waals surface area contributed by atoms with E-state index in [4.69, 9.17) is 4.42 Å². The Morgan fingerprint density at radius 3 is 2.49 bits per heavy atom. The molecular weight excluding hydrogens is 438 g/mol. The van der Waals surface area contributed by atoms with Crippen LogP contribution in [0.5, 0.6) is 0 Å². The normalized spacial score (nSPS) is 17.2. The van der Waals surface area contributed by atoms with Gasteiger partial charge in [0.1, 0.15) is 11.3 Å². The number of hydrogen-bond acceptors (Lipinski definition) is 6. The molecule has 2 aromatic heterocycles. The fourth-order valence-corrected chi connectivity index (χ4v) is 5.21. The minimum absolute atomic E-state index is 0.111. The lowest BCUT2D eigenvalue weighted by atomic mass is 10.0. The number of carbonyl (C=O) groups excluding carboxylic acids is 1. The second kappa shape index (κ2) is 9.50. The van der Waals surface area contributed by atoms with E-state index in [2.05, 4.69) is 20.2 Å². The van der Waals surface area contributed by atoms with Crippen LogP contribution in [0.1, 0.15) is 36.0 Å². The van der Waals surface area contributed by atoms with Gasteiger partial charge in [-0.3, -0.25) is 4.79 Å². The molecule has 0 unspecified atom stereocenters. The number of anilines is 2. The number of para-hydroxylation sites is 1. The summed E-state index contributed by atoms with van der Waals surface area (Å²) in [6.45, 7) is 4.11. The molecule has 4 aromatic rings. The Labute approximate surface area is 204 Å². The van der Waals surface area contributed by atoms with E-state index in [0.717, 1.165) is 42.6 Å². The van der Waals surface area contributed by atoms with Crippen molar-refractivity contribution in [2.75, 3.05) is 31.5 Å². The van der Waals surface area contributed by atoms with E-state index in [1.54, 1.807) is 6.20 Å². The first kappa shape index (κ1) is 21.8. The van der Waals surface area contributed by atoms with Gasteiger partial charge >= 0.3 is 0 Å². The van der Waals surface area contributed by atoms with Crippen LogP contribution in [0, 0.1) is 0 Å². The van der Waals surface area contributed by atoms with Crippen LogP contribution in [0.4, 0.5) is 11.6 Å². The minimum atomic E-state index is 0.111. The van der Waals surface area contributed by atoms with Gasteiger partial charge in [0, 0.05) is 42.0 Å². The number of furan rings is 1. The average Bonchev–Trinajstić information content (AvgIpc) is 3.60. The molecule has 35 heavy (non-hydrogen) atoms. The first-order chi connectivity index (χ1) is 17.2. The topological polar surface area (TPSA) is 74.5 Å². The predicted molar refractivity (Wildman–Crippen MR) is 137 cm³/mol. The number of likely N-dealkylation sites (tertiary alicyclic amines) is 2. The maximum Gasteiger partial charge on any atom is 0.253 e. The molecule has 0 spiro atoms. The number of aromatic nitrogens is 2. The van der Waals surface area contributed by atoms with Gasteiger partial charge < -0.3 is 19.5 Å². The molecule has 6 rings (SSSR count). The van der Waals surface area contributed by atoms with Crippen molar-refractivity contribution in [3.05, 3.63) is 72.4 Å². The van der Waals surface area contributed by atoms with Crippen LogP contribution >= 0.6 is 0 Å². The summed E-state index contributed by atoms with van der Waals surface area (Å²) in [4.78, 5) is 26.6. The fourth-order valence-electron chi connectivity index (χ4n) is 5.21. The maximum absolute atomic E-state index is 13.0. The van der Waals surface area contributed by atoms with Crippen molar-refractivity contribution in [2.24, 2.45) is 0 Å². The summed E-state index contributed by atoms with van der Waals surface area (Å²) < 4.78 is 5.93.